The van der Waals surface area contributed by atoms with Crippen LogP contribution in [-0.4, -0.2) is 49.7 Å². The van der Waals surface area contributed by atoms with Gasteiger partial charge < -0.3 is 15.1 Å². The van der Waals surface area contributed by atoms with Gasteiger partial charge in [-0.1, -0.05) is 13.0 Å². The molecule has 21 heavy (non-hydrogen) atoms. The predicted molar refractivity (Wildman–Crippen MR) is 89.8 cm³/mol. The Labute approximate surface area is 129 Å². The SMILES string of the molecule is CCCNCc1cccnc1N(C)CC1(N(C)C)CCC1. The van der Waals surface area contributed by atoms with Gasteiger partial charge >= 0.3 is 0 Å². The Morgan fingerprint density at radius 3 is 2.62 bits per heavy atom. The van der Waals surface area contributed by atoms with Crippen LogP contribution < -0.4 is 10.2 Å². The van der Waals surface area contributed by atoms with Crippen molar-refractivity contribution in [3.8, 4) is 0 Å². The summed E-state index contributed by atoms with van der Waals surface area (Å²) in [5, 5.41) is 3.48. The van der Waals surface area contributed by atoms with Gasteiger partial charge in [0.25, 0.3) is 0 Å². The Morgan fingerprint density at radius 1 is 1.29 bits per heavy atom. The monoisotopic (exact) mass is 290 g/mol. The third-order valence-corrected chi connectivity index (χ3v) is 4.74. The topological polar surface area (TPSA) is 31.4 Å². The molecule has 1 aromatic heterocycles. The summed E-state index contributed by atoms with van der Waals surface area (Å²) in [4.78, 5) is 9.36. The first-order chi connectivity index (χ1) is 10.1. The van der Waals surface area contributed by atoms with Crippen LogP contribution in [0.1, 0.15) is 38.2 Å². The van der Waals surface area contributed by atoms with Crippen LogP contribution in [-0.2, 0) is 6.54 Å². The summed E-state index contributed by atoms with van der Waals surface area (Å²) in [6, 6.07) is 4.22. The molecule has 1 aliphatic carbocycles. The minimum absolute atomic E-state index is 0.334. The van der Waals surface area contributed by atoms with Gasteiger partial charge in [-0.3, -0.25) is 0 Å². The van der Waals surface area contributed by atoms with E-state index in [1.807, 2.05) is 12.3 Å². The average Bonchev–Trinajstić information content (AvgIpc) is 2.43. The van der Waals surface area contributed by atoms with Crippen molar-refractivity contribution >= 4 is 5.82 Å². The normalized spacial score (nSPS) is 16.8. The van der Waals surface area contributed by atoms with Crippen molar-refractivity contribution in [1.29, 1.82) is 0 Å². The third kappa shape index (κ3) is 3.74. The number of hydrogen-bond donors (Lipinski definition) is 1. The lowest BCUT2D eigenvalue weighted by atomic mass is 9.75. The van der Waals surface area contributed by atoms with E-state index < -0.39 is 0 Å². The van der Waals surface area contributed by atoms with Gasteiger partial charge in [0.2, 0.25) is 0 Å². The molecule has 0 radical (unpaired) electrons. The van der Waals surface area contributed by atoms with Crippen molar-refractivity contribution in [2.75, 3.05) is 39.1 Å². The second-order valence-electron chi connectivity index (χ2n) is 6.49. The lowest BCUT2D eigenvalue weighted by molar-refractivity contribution is 0.0681. The summed E-state index contributed by atoms with van der Waals surface area (Å²) in [7, 11) is 6.58. The number of nitrogens with one attached hydrogen (secondary N) is 1. The molecule has 1 saturated carbocycles. The first-order valence-corrected chi connectivity index (χ1v) is 8.12. The maximum atomic E-state index is 4.63. The van der Waals surface area contributed by atoms with E-state index in [1.54, 1.807) is 0 Å². The minimum atomic E-state index is 0.334. The summed E-state index contributed by atoms with van der Waals surface area (Å²) >= 11 is 0. The molecule has 1 heterocycles. The van der Waals surface area contributed by atoms with Crippen LogP contribution in [0.4, 0.5) is 5.82 Å². The van der Waals surface area contributed by atoms with E-state index in [2.05, 4.69) is 54.2 Å². The quantitative estimate of drug-likeness (QED) is 0.746. The van der Waals surface area contributed by atoms with Crippen molar-refractivity contribution in [3.05, 3.63) is 23.9 Å². The lowest BCUT2D eigenvalue weighted by Crippen LogP contribution is -2.57. The second kappa shape index (κ2) is 7.23. The molecule has 1 aliphatic rings. The van der Waals surface area contributed by atoms with E-state index >= 15 is 0 Å². The predicted octanol–water partition coefficient (Wildman–Crippen LogP) is 2.50. The van der Waals surface area contributed by atoms with Crippen LogP contribution in [0.3, 0.4) is 0 Å². The van der Waals surface area contributed by atoms with Crippen LogP contribution in [0.25, 0.3) is 0 Å². The van der Waals surface area contributed by atoms with Crippen molar-refractivity contribution in [2.45, 2.75) is 44.7 Å². The maximum Gasteiger partial charge on any atom is 0.132 e. The zero-order chi connectivity index (χ0) is 15.3. The van der Waals surface area contributed by atoms with Crippen LogP contribution in [0.15, 0.2) is 18.3 Å². The Balaban J connectivity index is 2.06. The number of aromatic nitrogens is 1. The first-order valence-electron chi connectivity index (χ1n) is 8.12. The molecule has 0 unspecified atom stereocenters. The number of rotatable bonds is 8. The Kier molecular flexibility index (Phi) is 5.59. The molecular weight excluding hydrogens is 260 g/mol. The van der Waals surface area contributed by atoms with Gasteiger partial charge in [-0.05, 0) is 52.4 Å². The number of pyridine rings is 1. The second-order valence-corrected chi connectivity index (χ2v) is 6.49. The van der Waals surface area contributed by atoms with E-state index in [9.17, 15) is 0 Å². The van der Waals surface area contributed by atoms with Gasteiger partial charge in [0.05, 0.1) is 0 Å². The highest BCUT2D eigenvalue weighted by Crippen LogP contribution is 2.37. The van der Waals surface area contributed by atoms with E-state index in [-0.39, 0.29) is 0 Å². The van der Waals surface area contributed by atoms with Crippen molar-refractivity contribution in [3.63, 3.8) is 0 Å². The van der Waals surface area contributed by atoms with Gasteiger partial charge in [0.1, 0.15) is 5.82 Å². The Morgan fingerprint density at radius 2 is 2.05 bits per heavy atom. The smallest absolute Gasteiger partial charge is 0.132 e. The molecule has 0 spiro atoms. The molecule has 1 fully saturated rings. The Hall–Kier alpha value is -1.13. The number of anilines is 1. The summed E-state index contributed by atoms with van der Waals surface area (Å²) in [5.74, 6) is 1.12. The maximum absolute atomic E-state index is 4.63. The van der Waals surface area contributed by atoms with Gasteiger partial charge in [-0.15, -0.1) is 0 Å². The molecule has 0 atom stereocenters. The highest BCUT2D eigenvalue weighted by Gasteiger charge is 2.40. The lowest BCUT2D eigenvalue weighted by Gasteiger charge is -2.49. The van der Waals surface area contributed by atoms with E-state index in [0.29, 0.717) is 5.54 Å². The van der Waals surface area contributed by atoms with Gasteiger partial charge in [0.15, 0.2) is 0 Å². The molecule has 2 rings (SSSR count). The van der Waals surface area contributed by atoms with Crippen molar-refractivity contribution in [1.82, 2.24) is 15.2 Å². The molecule has 0 aliphatic heterocycles. The molecule has 4 heteroatoms. The molecular formula is C17H30N4. The van der Waals surface area contributed by atoms with Crippen LogP contribution >= 0.6 is 0 Å². The summed E-state index contributed by atoms with van der Waals surface area (Å²) in [6.45, 7) is 5.20. The fourth-order valence-electron chi connectivity index (χ4n) is 3.16. The van der Waals surface area contributed by atoms with Crippen LogP contribution in [0.5, 0.6) is 0 Å². The van der Waals surface area contributed by atoms with Gasteiger partial charge in [-0.25, -0.2) is 4.98 Å². The molecule has 1 N–H and O–H groups in total. The zero-order valence-electron chi connectivity index (χ0n) is 14.0. The fourth-order valence-corrected chi connectivity index (χ4v) is 3.16. The summed E-state index contributed by atoms with van der Waals surface area (Å²) in [6.07, 6.45) is 6.99. The summed E-state index contributed by atoms with van der Waals surface area (Å²) in [5.41, 5.74) is 1.63. The number of likely N-dealkylation sites (N-methyl/N-ethyl adjacent to an activating group) is 2. The Bertz CT molecular complexity index is 440. The van der Waals surface area contributed by atoms with Gasteiger partial charge in [-0.2, -0.15) is 0 Å². The van der Waals surface area contributed by atoms with E-state index in [4.69, 9.17) is 0 Å². The number of nitrogens with zero attached hydrogens (tertiary/aromatic N) is 3. The third-order valence-electron chi connectivity index (χ3n) is 4.74. The molecule has 1 aromatic rings. The largest absolute Gasteiger partial charge is 0.358 e. The summed E-state index contributed by atoms with van der Waals surface area (Å²) < 4.78 is 0. The molecule has 0 saturated heterocycles. The highest BCUT2D eigenvalue weighted by molar-refractivity contribution is 5.46. The van der Waals surface area contributed by atoms with E-state index in [0.717, 1.165) is 31.9 Å². The van der Waals surface area contributed by atoms with Crippen molar-refractivity contribution in [2.24, 2.45) is 0 Å². The molecule has 0 aromatic carbocycles. The zero-order valence-corrected chi connectivity index (χ0v) is 14.0. The van der Waals surface area contributed by atoms with Crippen LogP contribution in [0, 0.1) is 0 Å². The highest BCUT2D eigenvalue weighted by atomic mass is 15.2. The van der Waals surface area contributed by atoms with Crippen molar-refractivity contribution < 1.29 is 0 Å². The average molecular weight is 290 g/mol. The van der Waals surface area contributed by atoms with E-state index in [1.165, 1.54) is 24.8 Å². The fraction of sp³-hybridized carbons (Fsp3) is 0.706. The molecule has 4 nitrogen and oxygen atoms in total. The molecule has 0 amide bonds. The standard InChI is InChI=1S/C17H30N4/c1-5-11-18-13-15-8-6-12-19-16(15)21(4)14-17(20(2)3)9-7-10-17/h6,8,12,18H,5,7,9-11,13-14H2,1-4H3. The van der Waals surface area contributed by atoms with Gasteiger partial charge in [0, 0.05) is 37.4 Å². The first kappa shape index (κ1) is 16.2. The molecule has 118 valence electrons. The minimum Gasteiger partial charge on any atom is -0.358 e. The number of hydrogen-bond acceptors (Lipinski definition) is 4. The molecule has 0 bridgehead atoms. The van der Waals surface area contributed by atoms with Crippen LogP contribution in [0.2, 0.25) is 0 Å².